The standard InChI is InChI=1S/C19H31N3O4/c1-13-7-15(13)18(24)22-11-19(12-22)10-21(8-14-3-4-14)16(9-26-19)17(23)20-5-6-25-2/h13-16H,3-12H2,1-2H3,(H,20,23). The van der Waals surface area contributed by atoms with Gasteiger partial charge in [-0.05, 0) is 31.1 Å². The van der Waals surface area contributed by atoms with Crippen molar-refractivity contribution in [2.45, 2.75) is 37.8 Å². The molecule has 3 unspecified atom stereocenters. The lowest BCUT2D eigenvalue weighted by Gasteiger charge is -2.55. The van der Waals surface area contributed by atoms with Gasteiger partial charge in [0, 0.05) is 32.7 Å². The molecule has 4 rings (SSSR count). The van der Waals surface area contributed by atoms with Crippen molar-refractivity contribution < 1.29 is 19.1 Å². The minimum atomic E-state index is -0.272. The normalized spacial score (nSPS) is 33.0. The number of nitrogens with one attached hydrogen (secondary N) is 1. The van der Waals surface area contributed by atoms with Crippen LogP contribution in [0.3, 0.4) is 0 Å². The molecule has 2 amide bonds. The molecular formula is C19H31N3O4. The Kier molecular flexibility index (Phi) is 4.96. The molecule has 146 valence electrons. The molecule has 1 spiro atoms. The Hall–Kier alpha value is -1.18. The highest BCUT2D eigenvalue weighted by Gasteiger charge is 2.55. The molecule has 4 fully saturated rings. The lowest BCUT2D eigenvalue weighted by Crippen LogP contribution is -2.74. The summed E-state index contributed by atoms with van der Waals surface area (Å²) in [4.78, 5) is 29.2. The van der Waals surface area contributed by atoms with Crippen molar-refractivity contribution in [1.29, 1.82) is 0 Å². The fraction of sp³-hybridized carbons (Fsp3) is 0.895. The van der Waals surface area contributed by atoms with Gasteiger partial charge in [-0.3, -0.25) is 14.5 Å². The van der Waals surface area contributed by atoms with Crippen LogP contribution in [0.4, 0.5) is 0 Å². The second-order valence-electron chi connectivity index (χ2n) is 8.68. The summed E-state index contributed by atoms with van der Waals surface area (Å²) < 4.78 is 11.2. The van der Waals surface area contributed by atoms with Crippen LogP contribution in [0.25, 0.3) is 0 Å². The third-order valence-electron chi connectivity index (χ3n) is 6.27. The first-order chi connectivity index (χ1) is 12.5. The zero-order chi connectivity index (χ0) is 18.3. The molecule has 26 heavy (non-hydrogen) atoms. The summed E-state index contributed by atoms with van der Waals surface area (Å²) in [5.41, 5.74) is -0.272. The largest absolute Gasteiger partial charge is 0.383 e. The molecule has 0 aromatic carbocycles. The van der Waals surface area contributed by atoms with E-state index in [9.17, 15) is 9.59 Å². The minimum Gasteiger partial charge on any atom is -0.383 e. The molecule has 0 aromatic rings. The molecule has 2 aliphatic heterocycles. The van der Waals surface area contributed by atoms with Crippen molar-refractivity contribution in [2.24, 2.45) is 17.8 Å². The summed E-state index contributed by atoms with van der Waals surface area (Å²) in [6.45, 7) is 6.64. The number of morpholine rings is 1. The first kappa shape index (κ1) is 18.2. The van der Waals surface area contributed by atoms with E-state index in [1.807, 2.05) is 4.90 Å². The Morgan fingerprint density at radius 2 is 2.00 bits per heavy atom. The molecule has 2 heterocycles. The van der Waals surface area contributed by atoms with Crippen LogP contribution in [-0.2, 0) is 19.1 Å². The van der Waals surface area contributed by atoms with E-state index in [0.717, 1.165) is 19.5 Å². The van der Waals surface area contributed by atoms with E-state index in [4.69, 9.17) is 9.47 Å². The van der Waals surface area contributed by atoms with E-state index in [2.05, 4.69) is 17.1 Å². The second-order valence-corrected chi connectivity index (χ2v) is 8.68. The predicted octanol–water partition coefficient (Wildman–Crippen LogP) is 0.0968. The van der Waals surface area contributed by atoms with Crippen LogP contribution in [0.5, 0.6) is 0 Å². The van der Waals surface area contributed by atoms with Gasteiger partial charge in [0.15, 0.2) is 0 Å². The first-order valence-corrected chi connectivity index (χ1v) is 9.95. The van der Waals surface area contributed by atoms with E-state index in [-0.39, 0.29) is 23.5 Å². The average Bonchev–Trinajstić information content (AvgIpc) is 3.50. The summed E-state index contributed by atoms with van der Waals surface area (Å²) in [6.07, 6.45) is 3.54. The van der Waals surface area contributed by atoms with Crippen molar-refractivity contribution in [3.8, 4) is 0 Å². The highest BCUT2D eigenvalue weighted by atomic mass is 16.5. The van der Waals surface area contributed by atoms with Gasteiger partial charge in [-0.15, -0.1) is 0 Å². The number of amides is 2. The zero-order valence-electron chi connectivity index (χ0n) is 15.9. The molecule has 4 aliphatic rings. The van der Waals surface area contributed by atoms with Gasteiger partial charge in [0.05, 0.1) is 26.3 Å². The number of ether oxygens (including phenoxy) is 2. The van der Waals surface area contributed by atoms with Crippen LogP contribution in [0, 0.1) is 17.8 Å². The number of hydrogen-bond acceptors (Lipinski definition) is 5. The van der Waals surface area contributed by atoms with Crippen molar-refractivity contribution >= 4 is 11.8 Å². The van der Waals surface area contributed by atoms with Crippen molar-refractivity contribution in [2.75, 3.05) is 53.0 Å². The van der Waals surface area contributed by atoms with Gasteiger partial charge in [-0.1, -0.05) is 6.92 Å². The number of carbonyl (C=O) groups excluding carboxylic acids is 2. The van der Waals surface area contributed by atoms with Gasteiger partial charge in [0.1, 0.15) is 11.6 Å². The minimum absolute atomic E-state index is 0.0246. The molecular weight excluding hydrogens is 334 g/mol. The summed E-state index contributed by atoms with van der Waals surface area (Å²) in [5, 5.41) is 2.95. The van der Waals surface area contributed by atoms with Gasteiger partial charge in [0.2, 0.25) is 11.8 Å². The maximum Gasteiger partial charge on any atom is 0.239 e. The summed E-state index contributed by atoms with van der Waals surface area (Å²) in [6, 6.07) is -0.230. The molecule has 7 heteroatoms. The summed E-state index contributed by atoms with van der Waals surface area (Å²) in [7, 11) is 1.63. The first-order valence-electron chi connectivity index (χ1n) is 9.95. The molecule has 1 N–H and O–H groups in total. The van der Waals surface area contributed by atoms with Gasteiger partial charge >= 0.3 is 0 Å². The monoisotopic (exact) mass is 365 g/mol. The van der Waals surface area contributed by atoms with E-state index < -0.39 is 0 Å². The van der Waals surface area contributed by atoms with Gasteiger partial charge in [0.25, 0.3) is 0 Å². The molecule has 0 bridgehead atoms. The van der Waals surface area contributed by atoms with Crippen LogP contribution >= 0.6 is 0 Å². The van der Waals surface area contributed by atoms with E-state index in [1.54, 1.807) is 7.11 Å². The van der Waals surface area contributed by atoms with Crippen LogP contribution in [-0.4, -0.2) is 86.3 Å². The molecule has 2 saturated heterocycles. The van der Waals surface area contributed by atoms with Crippen molar-refractivity contribution in [1.82, 2.24) is 15.1 Å². The van der Waals surface area contributed by atoms with Crippen LogP contribution in [0.15, 0.2) is 0 Å². The SMILES string of the molecule is COCCNC(=O)C1COC2(CN(C(=O)C3CC3C)C2)CN1CC1CC1. The fourth-order valence-corrected chi connectivity index (χ4v) is 4.24. The molecule has 0 aromatic heterocycles. The highest BCUT2D eigenvalue weighted by molar-refractivity contribution is 5.83. The molecule has 3 atom stereocenters. The summed E-state index contributed by atoms with van der Waals surface area (Å²) in [5.74, 6) is 1.80. The Labute approximate surface area is 155 Å². The quantitative estimate of drug-likeness (QED) is 0.648. The van der Waals surface area contributed by atoms with Gasteiger partial charge < -0.3 is 19.7 Å². The number of likely N-dealkylation sites (tertiary alicyclic amines) is 1. The van der Waals surface area contributed by atoms with E-state index in [1.165, 1.54) is 12.8 Å². The maximum absolute atomic E-state index is 12.6. The highest BCUT2D eigenvalue weighted by Crippen LogP contribution is 2.42. The fourth-order valence-electron chi connectivity index (χ4n) is 4.24. The van der Waals surface area contributed by atoms with E-state index in [0.29, 0.717) is 50.6 Å². The van der Waals surface area contributed by atoms with Crippen LogP contribution in [0.1, 0.15) is 26.2 Å². The average molecular weight is 365 g/mol. The second kappa shape index (κ2) is 7.09. The number of hydrogen-bond donors (Lipinski definition) is 1. The number of carbonyl (C=O) groups is 2. The van der Waals surface area contributed by atoms with Gasteiger partial charge in [-0.2, -0.15) is 0 Å². The zero-order valence-corrected chi connectivity index (χ0v) is 15.9. The van der Waals surface area contributed by atoms with Crippen molar-refractivity contribution in [3.63, 3.8) is 0 Å². The Morgan fingerprint density at radius 1 is 1.27 bits per heavy atom. The third kappa shape index (κ3) is 3.75. The van der Waals surface area contributed by atoms with Gasteiger partial charge in [-0.25, -0.2) is 0 Å². The lowest BCUT2D eigenvalue weighted by atomic mass is 9.89. The molecule has 0 radical (unpaired) electrons. The summed E-state index contributed by atoms with van der Waals surface area (Å²) >= 11 is 0. The Bertz CT molecular complexity index is 559. The van der Waals surface area contributed by atoms with E-state index >= 15 is 0 Å². The molecule has 7 nitrogen and oxygen atoms in total. The number of rotatable bonds is 7. The molecule has 2 saturated carbocycles. The predicted molar refractivity (Wildman–Crippen MR) is 95.5 cm³/mol. The third-order valence-corrected chi connectivity index (χ3v) is 6.27. The number of nitrogens with zero attached hydrogens (tertiary/aromatic N) is 2. The van der Waals surface area contributed by atoms with Crippen LogP contribution < -0.4 is 5.32 Å². The molecule has 2 aliphatic carbocycles. The Morgan fingerprint density at radius 3 is 2.62 bits per heavy atom. The number of methoxy groups -OCH3 is 1. The smallest absolute Gasteiger partial charge is 0.239 e. The Balaban J connectivity index is 1.33. The lowest BCUT2D eigenvalue weighted by molar-refractivity contribution is -0.205. The topological polar surface area (TPSA) is 71.1 Å². The maximum atomic E-state index is 12.6. The van der Waals surface area contributed by atoms with Crippen LogP contribution in [0.2, 0.25) is 0 Å². The van der Waals surface area contributed by atoms with Crippen molar-refractivity contribution in [3.05, 3.63) is 0 Å².